The molecule has 0 saturated heterocycles. The van der Waals surface area contributed by atoms with Gasteiger partial charge in [-0.15, -0.1) is 0 Å². The molecule has 0 aliphatic heterocycles. The number of benzene rings is 1. The van der Waals surface area contributed by atoms with Gasteiger partial charge in [0.05, 0.1) is 11.6 Å². The van der Waals surface area contributed by atoms with Crippen molar-refractivity contribution in [2.45, 2.75) is 40.5 Å². The molecule has 0 aliphatic carbocycles. The van der Waals surface area contributed by atoms with Gasteiger partial charge in [-0.3, -0.25) is 4.79 Å². The van der Waals surface area contributed by atoms with Crippen LogP contribution in [0.15, 0.2) is 18.2 Å². The van der Waals surface area contributed by atoms with E-state index in [1.54, 1.807) is 18.2 Å². The predicted molar refractivity (Wildman–Crippen MR) is 97.4 cm³/mol. The lowest BCUT2D eigenvalue weighted by molar-refractivity contribution is -0.132. The highest BCUT2D eigenvalue weighted by molar-refractivity contribution is 6.35. The molecule has 0 fully saturated rings. The van der Waals surface area contributed by atoms with E-state index >= 15 is 0 Å². The van der Waals surface area contributed by atoms with Gasteiger partial charge < -0.3 is 9.64 Å². The quantitative estimate of drug-likeness (QED) is 0.560. The molecule has 0 saturated carbocycles. The number of carbonyl (C=O) groups excluding carboxylic acids is 1. The second-order valence-corrected chi connectivity index (χ2v) is 7.46. The lowest BCUT2D eigenvalue weighted by Gasteiger charge is -2.26. The summed E-state index contributed by atoms with van der Waals surface area (Å²) in [4.78, 5) is 14.3. The van der Waals surface area contributed by atoms with Crippen molar-refractivity contribution >= 4 is 29.1 Å². The highest BCUT2D eigenvalue weighted by Gasteiger charge is 2.16. The summed E-state index contributed by atoms with van der Waals surface area (Å²) < 4.78 is 5.62. The summed E-state index contributed by atoms with van der Waals surface area (Å²) in [5, 5.41) is 1.07. The molecular weight excluding hydrogens is 333 g/mol. The molecule has 1 rings (SSSR count). The van der Waals surface area contributed by atoms with Crippen LogP contribution in [0, 0.1) is 11.8 Å². The van der Waals surface area contributed by atoms with E-state index < -0.39 is 0 Å². The standard InChI is InChI=1S/C18H27Cl2NO2/c1-13(2)11-21(12-14(3)4)18(22)6-5-9-23-17-8-7-15(19)10-16(17)20/h7-8,10,13-14H,5-6,9,11-12H2,1-4H3. The van der Waals surface area contributed by atoms with Crippen LogP contribution in [0.2, 0.25) is 10.0 Å². The molecule has 0 radical (unpaired) electrons. The number of halogens is 2. The summed E-state index contributed by atoms with van der Waals surface area (Å²) in [6.07, 6.45) is 1.16. The van der Waals surface area contributed by atoms with Crippen molar-refractivity contribution in [3.63, 3.8) is 0 Å². The Morgan fingerprint density at radius 2 is 1.74 bits per heavy atom. The van der Waals surface area contributed by atoms with Gasteiger partial charge in [0, 0.05) is 24.5 Å². The predicted octanol–water partition coefficient (Wildman–Crippen LogP) is 5.29. The average Bonchev–Trinajstić information content (AvgIpc) is 2.43. The molecule has 5 heteroatoms. The third kappa shape index (κ3) is 7.94. The third-order valence-corrected chi connectivity index (χ3v) is 3.74. The zero-order valence-electron chi connectivity index (χ0n) is 14.4. The van der Waals surface area contributed by atoms with Gasteiger partial charge in [0.15, 0.2) is 0 Å². The summed E-state index contributed by atoms with van der Waals surface area (Å²) in [6, 6.07) is 5.13. The first-order valence-electron chi connectivity index (χ1n) is 8.15. The molecule has 1 aromatic carbocycles. The molecule has 3 nitrogen and oxygen atoms in total. The largest absolute Gasteiger partial charge is 0.492 e. The van der Waals surface area contributed by atoms with E-state index in [0.717, 1.165) is 13.1 Å². The molecule has 0 heterocycles. The van der Waals surface area contributed by atoms with Gasteiger partial charge in [-0.05, 0) is 36.5 Å². The fraction of sp³-hybridized carbons (Fsp3) is 0.611. The highest BCUT2D eigenvalue weighted by atomic mass is 35.5. The van der Waals surface area contributed by atoms with Gasteiger partial charge in [0.25, 0.3) is 0 Å². The SMILES string of the molecule is CC(C)CN(CC(C)C)C(=O)CCCOc1ccc(Cl)cc1Cl. The van der Waals surface area contributed by atoms with E-state index in [4.69, 9.17) is 27.9 Å². The van der Waals surface area contributed by atoms with Gasteiger partial charge >= 0.3 is 0 Å². The van der Waals surface area contributed by atoms with Gasteiger partial charge in [0.2, 0.25) is 5.91 Å². The summed E-state index contributed by atoms with van der Waals surface area (Å²) in [5.74, 6) is 1.74. The molecule has 1 aromatic rings. The Kier molecular flexibility index (Phi) is 8.78. The van der Waals surface area contributed by atoms with Crippen LogP contribution in [0.4, 0.5) is 0 Å². The molecule has 1 amide bonds. The van der Waals surface area contributed by atoms with Crippen molar-refractivity contribution in [3.8, 4) is 5.75 Å². The summed E-state index contributed by atoms with van der Waals surface area (Å²) >= 11 is 11.9. The van der Waals surface area contributed by atoms with Crippen LogP contribution in [-0.4, -0.2) is 30.5 Å². The van der Waals surface area contributed by atoms with E-state index in [1.165, 1.54) is 0 Å². The molecule has 0 aromatic heterocycles. The first-order valence-corrected chi connectivity index (χ1v) is 8.90. The minimum absolute atomic E-state index is 0.193. The zero-order valence-corrected chi connectivity index (χ0v) is 16.0. The number of hydrogen-bond acceptors (Lipinski definition) is 2. The maximum Gasteiger partial charge on any atom is 0.222 e. The van der Waals surface area contributed by atoms with Gasteiger partial charge in [0.1, 0.15) is 5.75 Å². The highest BCUT2D eigenvalue weighted by Crippen LogP contribution is 2.27. The zero-order chi connectivity index (χ0) is 17.4. The minimum Gasteiger partial charge on any atom is -0.492 e. The Morgan fingerprint density at radius 1 is 1.13 bits per heavy atom. The number of rotatable bonds is 9. The van der Waals surface area contributed by atoms with Crippen LogP contribution in [-0.2, 0) is 4.79 Å². The van der Waals surface area contributed by atoms with E-state index in [0.29, 0.717) is 47.1 Å². The van der Waals surface area contributed by atoms with Gasteiger partial charge in [-0.1, -0.05) is 50.9 Å². The molecule has 0 atom stereocenters. The monoisotopic (exact) mass is 359 g/mol. The maximum absolute atomic E-state index is 12.4. The summed E-state index contributed by atoms with van der Waals surface area (Å²) in [5.41, 5.74) is 0. The number of hydrogen-bond donors (Lipinski definition) is 0. The van der Waals surface area contributed by atoms with Crippen LogP contribution >= 0.6 is 23.2 Å². The number of carbonyl (C=O) groups is 1. The van der Waals surface area contributed by atoms with Crippen molar-refractivity contribution < 1.29 is 9.53 Å². The molecule has 0 unspecified atom stereocenters. The van der Waals surface area contributed by atoms with Crippen LogP contribution < -0.4 is 4.74 Å². The minimum atomic E-state index is 0.193. The second-order valence-electron chi connectivity index (χ2n) is 6.61. The lowest BCUT2D eigenvalue weighted by atomic mass is 10.1. The molecular formula is C18H27Cl2NO2. The van der Waals surface area contributed by atoms with Crippen LogP contribution in [0.25, 0.3) is 0 Å². The lowest BCUT2D eigenvalue weighted by Crippen LogP contribution is -2.37. The smallest absolute Gasteiger partial charge is 0.222 e. The number of ether oxygens (including phenoxy) is 1. The fourth-order valence-electron chi connectivity index (χ4n) is 2.32. The van der Waals surface area contributed by atoms with Crippen molar-refractivity contribution in [1.82, 2.24) is 4.90 Å². The molecule has 0 N–H and O–H groups in total. The van der Waals surface area contributed by atoms with E-state index in [2.05, 4.69) is 27.7 Å². The topological polar surface area (TPSA) is 29.5 Å². The van der Waals surface area contributed by atoms with E-state index in [9.17, 15) is 4.79 Å². The van der Waals surface area contributed by atoms with Gasteiger partial charge in [-0.25, -0.2) is 0 Å². The maximum atomic E-state index is 12.4. The first-order chi connectivity index (χ1) is 10.8. The number of amides is 1. The Hall–Kier alpha value is -0.930. The molecule has 0 bridgehead atoms. The normalized spacial score (nSPS) is 11.1. The second kappa shape index (κ2) is 10.0. The number of nitrogens with zero attached hydrogens (tertiary/aromatic N) is 1. The van der Waals surface area contributed by atoms with Crippen molar-refractivity contribution in [1.29, 1.82) is 0 Å². The molecule has 0 spiro atoms. The van der Waals surface area contributed by atoms with Crippen LogP contribution in [0.3, 0.4) is 0 Å². The summed E-state index contributed by atoms with van der Waals surface area (Å²) in [6.45, 7) is 10.6. The van der Waals surface area contributed by atoms with Gasteiger partial charge in [-0.2, -0.15) is 0 Å². The van der Waals surface area contributed by atoms with E-state index in [-0.39, 0.29) is 5.91 Å². The average molecular weight is 360 g/mol. The van der Waals surface area contributed by atoms with Crippen LogP contribution in [0.1, 0.15) is 40.5 Å². The molecule has 130 valence electrons. The van der Waals surface area contributed by atoms with Crippen LogP contribution in [0.5, 0.6) is 5.75 Å². The molecule has 0 aliphatic rings. The Labute approximate surface area is 149 Å². The molecule has 23 heavy (non-hydrogen) atoms. The van der Waals surface area contributed by atoms with Crippen molar-refractivity contribution in [2.24, 2.45) is 11.8 Å². The Balaban J connectivity index is 2.41. The van der Waals surface area contributed by atoms with Crippen molar-refractivity contribution in [3.05, 3.63) is 28.2 Å². The first kappa shape index (κ1) is 20.1. The summed E-state index contributed by atoms with van der Waals surface area (Å²) in [7, 11) is 0. The fourth-order valence-corrected chi connectivity index (χ4v) is 2.78. The Morgan fingerprint density at radius 3 is 2.26 bits per heavy atom. The third-order valence-electron chi connectivity index (χ3n) is 3.21. The van der Waals surface area contributed by atoms with E-state index in [1.807, 2.05) is 4.90 Å². The Bertz CT molecular complexity index is 494. The van der Waals surface area contributed by atoms with Crippen molar-refractivity contribution in [2.75, 3.05) is 19.7 Å².